The lowest BCUT2D eigenvalue weighted by Gasteiger charge is -2.26. The van der Waals surface area contributed by atoms with Gasteiger partial charge in [-0.05, 0) is 52.3 Å². The minimum atomic E-state index is -0.565. The number of amides is 2. The highest BCUT2D eigenvalue weighted by Crippen LogP contribution is 2.27. The molecule has 0 atom stereocenters. The minimum absolute atomic E-state index is 0.0633. The first-order valence-electron chi connectivity index (χ1n) is 10.4. The van der Waals surface area contributed by atoms with Crippen LogP contribution in [0.15, 0.2) is 45.5 Å². The van der Waals surface area contributed by atoms with Gasteiger partial charge in [0.25, 0.3) is 11.8 Å². The number of carbonyl (C=O) groups is 2. The first-order valence-corrected chi connectivity index (χ1v) is 11.2. The summed E-state index contributed by atoms with van der Waals surface area (Å²) in [6.45, 7) is 0.0966. The van der Waals surface area contributed by atoms with Crippen LogP contribution in [-0.4, -0.2) is 43.3 Å². The van der Waals surface area contributed by atoms with Crippen molar-refractivity contribution in [1.82, 2.24) is 19.8 Å². The van der Waals surface area contributed by atoms with Crippen molar-refractivity contribution < 1.29 is 23.6 Å². The number of aliphatic hydroxyl groups is 1. The molecule has 0 bridgehead atoms. The molecule has 2 aromatic carbocycles. The maximum Gasteiger partial charge on any atom is 0.278 e. The quantitative estimate of drug-likeness (QED) is 0.420. The average molecular weight is 528 g/mol. The maximum atomic E-state index is 13.6. The zero-order chi connectivity index (χ0) is 24.0. The molecule has 11 heteroatoms. The Morgan fingerprint density at radius 2 is 2.09 bits per heavy atom. The van der Waals surface area contributed by atoms with Crippen molar-refractivity contribution in [3.63, 3.8) is 0 Å². The van der Waals surface area contributed by atoms with Gasteiger partial charge < -0.3 is 19.8 Å². The first kappa shape index (κ1) is 22.2. The summed E-state index contributed by atoms with van der Waals surface area (Å²) in [6.07, 6.45) is 0.423. The topological polar surface area (TPSA) is 113 Å². The molecule has 0 spiro atoms. The molecule has 0 unspecified atom stereocenters. The second kappa shape index (κ2) is 8.65. The SMILES string of the molecule is Cn1nc(Br)c2ccc(C(=O)N3CCc4onc(C(=O)Nc5ccc(F)c(CO)c5)c4C3)cc21. The fourth-order valence-corrected chi connectivity index (χ4v) is 4.63. The van der Waals surface area contributed by atoms with Crippen molar-refractivity contribution in [2.24, 2.45) is 7.05 Å². The van der Waals surface area contributed by atoms with Crippen LogP contribution in [0, 0.1) is 5.82 Å². The number of carbonyl (C=O) groups excluding carboxylic acids is 2. The van der Waals surface area contributed by atoms with Gasteiger partial charge in [-0.25, -0.2) is 4.39 Å². The van der Waals surface area contributed by atoms with E-state index in [4.69, 9.17) is 4.52 Å². The van der Waals surface area contributed by atoms with Gasteiger partial charge in [0.2, 0.25) is 0 Å². The average Bonchev–Trinajstić information content (AvgIpc) is 3.39. The Labute approximate surface area is 201 Å². The summed E-state index contributed by atoms with van der Waals surface area (Å²) >= 11 is 3.41. The molecule has 1 aliphatic heterocycles. The van der Waals surface area contributed by atoms with E-state index in [1.54, 1.807) is 28.8 Å². The fourth-order valence-electron chi connectivity index (χ4n) is 4.05. The van der Waals surface area contributed by atoms with Crippen LogP contribution in [0.4, 0.5) is 10.1 Å². The first-order chi connectivity index (χ1) is 16.4. The van der Waals surface area contributed by atoms with E-state index in [9.17, 15) is 19.1 Å². The van der Waals surface area contributed by atoms with E-state index < -0.39 is 18.3 Å². The summed E-state index contributed by atoms with van der Waals surface area (Å²) in [7, 11) is 1.81. The van der Waals surface area contributed by atoms with Gasteiger partial charge >= 0.3 is 0 Å². The van der Waals surface area contributed by atoms with E-state index in [-0.39, 0.29) is 23.7 Å². The molecule has 34 heavy (non-hydrogen) atoms. The van der Waals surface area contributed by atoms with Gasteiger partial charge in [-0.2, -0.15) is 5.10 Å². The Morgan fingerprint density at radius 3 is 2.88 bits per heavy atom. The van der Waals surface area contributed by atoms with Gasteiger partial charge in [0.05, 0.1) is 18.7 Å². The molecule has 0 saturated carbocycles. The number of nitrogens with zero attached hydrogens (tertiary/aromatic N) is 4. The Kier molecular flexibility index (Phi) is 5.66. The monoisotopic (exact) mass is 527 g/mol. The van der Waals surface area contributed by atoms with Crippen LogP contribution in [0.2, 0.25) is 0 Å². The molecule has 2 aromatic heterocycles. The number of hydrogen-bond donors (Lipinski definition) is 2. The third-order valence-electron chi connectivity index (χ3n) is 5.86. The Balaban J connectivity index is 1.37. The summed E-state index contributed by atoms with van der Waals surface area (Å²) in [5, 5.41) is 21.0. The Morgan fingerprint density at radius 1 is 1.26 bits per heavy atom. The third kappa shape index (κ3) is 3.86. The van der Waals surface area contributed by atoms with Gasteiger partial charge in [-0.3, -0.25) is 14.3 Å². The van der Waals surface area contributed by atoms with Crippen molar-refractivity contribution in [1.29, 1.82) is 0 Å². The summed E-state index contributed by atoms with van der Waals surface area (Å²) in [6, 6.07) is 9.29. The number of halogens is 2. The van der Waals surface area contributed by atoms with Crippen LogP contribution in [0.1, 0.15) is 37.7 Å². The highest BCUT2D eigenvalue weighted by molar-refractivity contribution is 9.10. The van der Waals surface area contributed by atoms with Crippen molar-refractivity contribution in [2.45, 2.75) is 19.6 Å². The predicted octanol–water partition coefficient (Wildman–Crippen LogP) is 3.41. The molecule has 2 amide bonds. The maximum absolute atomic E-state index is 13.6. The van der Waals surface area contributed by atoms with Crippen LogP contribution in [0.3, 0.4) is 0 Å². The van der Waals surface area contributed by atoms with Crippen molar-refractivity contribution >= 4 is 44.3 Å². The highest BCUT2D eigenvalue weighted by atomic mass is 79.9. The molecule has 2 N–H and O–H groups in total. The predicted molar refractivity (Wildman–Crippen MR) is 124 cm³/mol. The van der Waals surface area contributed by atoms with Gasteiger partial charge in [0.15, 0.2) is 5.69 Å². The van der Waals surface area contributed by atoms with Gasteiger partial charge in [0.1, 0.15) is 16.2 Å². The van der Waals surface area contributed by atoms with Crippen LogP contribution >= 0.6 is 15.9 Å². The van der Waals surface area contributed by atoms with E-state index in [1.165, 1.54) is 12.1 Å². The molecule has 4 aromatic rings. The largest absolute Gasteiger partial charge is 0.392 e. The minimum Gasteiger partial charge on any atom is -0.392 e. The number of nitrogens with one attached hydrogen (secondary N) is 1. The molecule has 0 aliphatic carbocycles. The molecule has 0 saturated heterocycles. The number of anilines is 1. The summed E-state index contributed by atoms with van der Waals surface area (Å²) in [5.41, 5.74) is 2.30. The molecule has 9 nitrogen and oxygen atoms in total. The van der Waals surface area contributed by atoms with Crippen LogP contribution in [-0.2, 0) is 26.6 Å². The molecule has 0 fully saturated rings. The van der Waals surface area contributed by atoms with Gasteiger partial charge in [0, 0.05) is 47.8 Å². The molecular weight excluding hydrogens is 509 g/mol. The number of hydrogen-bond acceptors (Lipinski definition) is 6. The van der Waals surface area contributed by atoms with Crippen molar-refractivity contribution in [3.8, 4) is 0 Å². The number of fused-ring (bicyclic) bond motifs is 2. The second-order valence-electron chi connectivity index (χ2n) is 7.97. The zero-order valence-corrected chi connectivity index (χ0v) is 19.6. The van der Waals surface area contributed by atoms with Gasteiger partial charge in [-0.15, -0.1) is 0 Å². The number of aryl methyl sites for hydroxylation is 1. The highest BCUT2D eigenvalue weighted by Gasteiger charge is 2.30. The molecule has 174 valence electrons. The summed E-state index contributed by atoms with van der Waals surface area (Å²) < 4.78 is 21.4. The zero-order valence-electron chi connectivity index (χ0n) is 18.0. The van der Waals surface area contributed by atoms with E-state index in [2.05, 4.69) is 31.5 Å². The fraction of sp³-hybridized carbons (Fsp3) is 0.217. The Hall–Kier alpha value is -3.57. The van der Waals surface area contributed by atoms with Crippen LogP contribution < -0.4 is 5.32 Å². The van der Waals surface area contributed by atoms with Crippen molar-refractivity contribution in [3.05, 3.63) is 75.0 Å². The molecule has 3 heterocycles. The van der Waals surface area contributed by atoms with E-state index in [1.807, 2.05) is 6.07 Å². The second-order valence-corrected chi connectivity index (χ2v) is 8.73. The lowest BCUT2D eigenvalue weighted by Crippen LogP contribution is -2.36. The normalized spacial score (nSPS) is 13.2. The number of rotatable bonds is 4. The van der Waals surface area contributed by atoms with Gasteiger partial charge in [-0.1, -0.05) is 5.16 Å². The lowest BCUT2D eigenvalue weighted by molar-refractivity contribution is 0.0727. The lowest BCUT2D eigenvalue weighted by atomic mass is 10.0. The van der Waals surface area contributed by atoms with Crippen molar-refractivity contribution in [2.75, 3.05) is 11.9 Å². The number of aliphatic hydroxyl groups excluding tert-OH is 1. The smallest absolute Gasteiger partial charge is 0.278 e. The van der Waals surface area contributed by atoms with E-state index >= 15 is 0 Å². The summed E-state index contributed by atoms with van der Waals surface area (Å²) in [5.74, 6) is -0.736. The number of benzene rings is 2. The van der Waals surface area contributed by atoms with Crippen LogP contribution in [0.25, 0.3) is 10.9 Å². The van der Waals surface area contributed by atoms with Crippen LogP contribution in [0.5, 0.6) is 0 Å². The van der Waals surface area contributed by atoms with E-state index in [0.29, 0.717) is 40.1 Å². The summed E-state index contributed by atoms with van der Waals surface area (Å²) in [4.78, 5) is 27.7. The standard InChI is InChI=1S/C23H19BrFN5O4/c1-29-18-9-12(2-4-15(18)21(24)27-29)23(33)30-7-6-19-16(10-30)20(28-34-19)22(32)26-14-3-5-17(25)13(8-14)11-31/h2-5,8-9,31H,6-7,10-11H2,1H3,(H,26,32). The molecule has 0 radical (unpaired) electrons. The molecule has 5 rings (SSSR count). The Bertz CT molecular complexity index is 1450. The third-order valence-corrected chi connectivity index (χ3v) is 6.44. The molecular formula is C23H19BrFN5O4. The van der Waals surface area contributed by atoms with E-state index in [0.717, 1.165) is 17.0 Å². The molecule has 1 aliphatic rings. The number of aromatic nitrogens is 3.